The molecule has 0 bridgehead atoms. The van der Waals surface area contributed by atoms with Gasteiger partial charge < -0.3 is 14.4 Å². The van der Waals surface area contributed by atoms with E-state index in [-0.39, 0.29) is 18.7 Å². The molecule has 0 N–H and O–H groups in total. The van der Waals surface area contributed by atoms with Crippen molar-refractivity contribution in [1.82, 2.24) is 4.90 Å². The Hall–Kier alpha value is -1.69. The first-order valence-corrected chi connectivity index (χ1v) is 8.31. The molecule has 0 aliphatic carbocycles. The van der Waals surface area contributed by atoms with Crippen molar-refractivity contribution in [3.8, 4) is 0 Å². The molecular formula is C18H23F2NO3. The number of carbonyl (C=O) groups excluding carboxylic acids is 1. The van der Waals surface area contributed by atoms with Crippen LogP contribution >= 0.6 is 0 Å². The van der Waals surface area contributed by atoms with Gasteiger partial charge in [-0.3, -0.25) is 0 Å². The summed E-state index contributed by atoms with van der Waals surface area (Å²) in [4.78, 5) is 14.1. The molecule has 3 atom stereocenters. The van der Waals surface area contributed by atoms with E-state index in [2.05, 4.69) is 0 Å². The van der Waals surface area contributed by atoms with Crippen LogP contribution < -0.4 is 0 Å². The molecule has 1 aromatic rings. The zero-order valence-electron chi connectivity index (χ0n) is 14.2. The molecule has 0 saturated carbocycles. The molecule has 4 nitrogen and oxygen atoms in total. The maximum Gasteiger partial charge on any atom is 0.410 e. The first kappa shape index (κ1) is 17.1. The van der Waals surface area contributed by atoms with E-state index in [1.807, 2.05) is 20.8 Å². The van der Waals surface area contributed by atoms with Crippen LogP contribution in [0.4, 0.5) is 13.6 Å². The van der Waals surface area contributed by atoms with Crippen LogP contribution in [0.25, 0.3) is 0 Å². The van der Waals surface area contributed by atoms with Crippen molar-refractivity contribution in [2.45, 2.75) is 57.5 Å². The summed E-state index contributed by atoms with van der Waals surface area (Å²) in [5.41, 5.74) is 0.362. The predicted molar refractivity (Wildman–Crippen MR) is 84.9 cm³/mol. The molecule has 1 fully saturated rings. The monoisotopic (exact) mass is 339 g/mol. The lowest BCUT2D eigenvalue weighted by Crippen LogP contribution is -2.44. The normalized spacial score (nSPS) is 27.0. The maximum absolute atomic E-state index is 14.1. The summed E-state index contributed by atoms with van der Waals surface area (Å²) < 4.78 is 38.7. The van der Waals surface area contributed by atoms with Gasteiger partial charge >= 0.3 is 6.09 Å². The minimum absolute atomic E-state index is 0.125. The number of hydrogen-bond donors (Lipinski definition) is 0. The van der Waals surface area contributed by atoms with Crippen molar-refractivity contribution in [2.75, 3.05) is 13.2 Å². The zero-order chi connectivity index (χ0) is 17.5. The number of alkyl halides is 1. The fourth-order valence-electron chi connectivity index (χ4n) is 3.42. The van der Waals surface area contributed by atoms with Gasteiger partial charge in [0.25, 0.3) is 0 Å². The number of ether oxygens (including phenoxy) is 2. The Kier molecular flexibility index (Phi) is 4.51. The third-order valence-corrected chi connectivity index (χ3v) is 4.39. The Labute approximate surface area is 140 Å². The standard InChI is InChI=1S/C18H23F2NO3/c1-18(2,3)24-17(22)21-8-4-5-15(21)16-12-7-6-11(19)9-13(12)14(20)10-23-16/h6-7,9,14-16H,4-5,8,10H2,1-3H3/t14-,15+,16+/m1/s1. The molecule has 0 aromatic heterocycles. The molecule has 0 unspecified atom stereocenters. The van der Waals surface area contributed by atoms with Gasteiger partial charge in [0.1, 0.15) is 23.7 Å². The van der Waals surface area contributed by atoms with Crippen LogP contribution in [0.2, 0.25) is 0 Å². The highest BCUT2D eigenvalue weighted by atomic mass is 19.1. The molecule has 1 amide bonds. The number of carbonyl (C=O) groups is 1. The summed E-state index contributed by atoms with van der Waals surface area (Å²) in [6.07, 6.45) is -0.609. The molecule has 1 saturated heterocycles. The highest BCUT2D eigenvalue weighted by Crippen LogP contribution is 2.41. The van der Waals surface area contributed by atoms with E-state index in [0.29, 0.717) is 17.7 Å². The SMILES string of the molecule is CC(C)(C)OC(=O)N1CCC[C@H]1[C@H]1OC[C@@H](F)c2cc(F)ccc21. The zero-order valence-corrected chi connectivity index (χ0v) is 14.2. The molecule has 6 heteroatoms. The summed E-state index contributed by atoms with van der Waals surface area (Å²) in [6.45, 7) is 5.91. The fourth-order valence-corrected chi connectivity index (χ4v) is 3.42. The quantitative estimate of drug-likeness (QED) is 0.765. The summed E-state index contributed by atoms with van der Waals surface area (Å²) in [5.74, 6) is -0.465. The van der Waals surface area contributed by atoms with Crippen LogP contribution in [-0.4, -0.2) is 35.8 Å². The van der Waals surface area contributed by atoms with E-state index in [4.69, 9.17) is 9.47 Å². The Bertz CT molecular complexity index is 629. The van der Waals surface area contributed by atoms with Crippen LogP contribution in [-0.2, 0) is 9.47 Å². The number of amides is 1. The minimum Gasteiger partial charge on any atom is -0.444 e. The molecule has 1 aromatic carbocycles. The second-order valence-corrected chi connectivity index (χ2v) is 7.38. The average molecular weight is 339 g/mol. The molecule has 3 rings (SSSR count). The van der Waals surface area contributed by atoms with Gasteiger partial charge in [-0.1, -0.05) is 6.07 Å². The van der Waals surface area contributed by atoms with Crippen LogP contribution in [0.3, 0.4) is 0 Å². The van der Waals surface area contributed by atoms with Gasteiger partial charge in [0, 0.05) is 6.54 Å². The molecule has 132 valence electrons. The van der Waals surface area contributed by atoms with Crippen molar-refractivity contribution in [3.63, 3.8) is 0 Å². The lowest BCUT2D eigenvalue weighted by molar-refractivity contribution is -0.0473. The van der Waals surface area contributed by atoms with E-state index >= 15 is 0 Å². The topological polar surface area (TPSA) is 38.8 Å². The van der Waals surface area contributed by atoms with Crippen molar-refractivity contribution in [2.24, 2.45) is 0 Å². The molecular weight excluding hydrogens is 316 g/mol. The van der Waals surface area contributed by atoms with Gasteiger partial charge in [-0.25, -0.2) is 13.6 Å². The number of nitrogens with zero attached hydrogens (tertiary/aromatic N) is 1. The number of rotatable bonds is 1. The van der Waals surface area contributed by atoms with E-state index in [9.17, 15) is 13.6 Å². The van der Waals surface area contributed by atoms with Crippen LogP contribution in [0, 0.1) is 5.82 Å². The lowest BCUT2D eigenvalue weighted by atomic mass is 9.91. The van der Waals surface area contributed by atoms with Crippen LogP contribution in [0.1, 0.15) is 57.0 Å². The Balaban J connectivity index is 1.86. The van der Waals surface area contributed by atoms with E-state index in [1.54, 1.807) is 11.0 Å². The number of fused-ring (bicyclic) bond motifs is 1. The van der Waals surface area contributed by atoms with Gasteiger partial charge in [-0.05, 0) is 56.9 Å². The molecule has 0 radical (unpaired) electrons. The maximum atomic E-state index is 14.1. The number of halogens is 2. The highest BCUT2D eigenvalue weighted by Gasteiger charge is 2.41. The highest BCUT2D eigenvalue weighted by molar-refractivity contribution is 5.69. The van der Waals surface area contributed by atoms with Crippen molar-refractivity contribution >= 4 is 6.09 Å². The van der Waals surface area contributed by atoms with E-state index in [1.165, 1.54) is 12.1 Å². The van der Waals surface area contributed by atoms with Crippen molar-refractivity contribution in [1.29, 1.82) is 0 Å². The van der Waals surface area contributed by atoms with Crippen LogP contribution in [0.5, 0.6) is 0 Å². The van der Waals surface area contributed by atoms with Gasteiger partial charge in [0.15, 0.2) is 0 Å². The Morgan fingerprint density at radius 3 is 2.79 bits per heavy atom. The predicted octanol–water partition coefficient (Wildman–Crippen LogP) is 4.31. The Morgan fingerprint density at radius 1 is 1.33 bits per heavy atom. The Morgan fingerprint density at radius 2 is 2.08 bits per heavy atom. The molecule has 2 aliphatic heterocycles. The summed E-state index contributed by atoms with van der Waals surface area (Å²) in [5, 5.41) is 0. The lowest BCUT2D eigenvalue weighted by Gasteiger charge is -2.37. The third-order valence-electron chi connectivity index (χ3n) is 4.39. The van der Waals surface area contributed by atoms with Crippen molar-refractivity contribution in [3.05, 3.63) is 35.1 Å². The second-order valence-electron chi connectivity index (χ2n) is 7.38. The first-order valence-electron chi connectivity index (χ1n) is 8.31. The van der Waals surface area contributed by atoms with Crippen LogP contribution in [0.15, 0.2) is 18.2 Å². The summed E-state index contributed by atoms with van der Waals surface area (Å²) in [6, 6.07) is 3.87. The average Bonchev–Trinajstić information content (AvgIpc) is 2.96. The summed E-state index contributed by atoms with van der Waals surface area (Å²) in [7, 11) is 0. The van der Waals surface area contributed by atoms with Gasteiger partial charge in [0.05, 0.1) is 12.6 Å². The number of benzene rings is 1. The molecule has 0 spiro atoms. The summed E-state index contributed by atoms with van der Waals surface area (Å²) >= 11 is 0. The van der Waals surface area contributed by atoms with E-state index < -0.39 is 23.7 Å². The molecule has 24 heavy (non-hydrogen) atoms. The second kappa shape index (κ2) is 6.31. The first-order chi connectivity index (χ1) is 11.3. The number of hydrogen-bond acceptors (Lipinski definition) is 3. The molecule has 2 heterocycles. The fraction of sp³-hybridized carbons (Fsp3) is 0.611. The smallest absolute Gasteiger partial charge is 0.410 e. The van der Waals surface area contributed by atoms with Gasteiger partial charge in [-0.15, -0.1) is 0 Å². The third kappa shape index (κ3) is 3.38. The van der Waals surface area contributed by atoms with E-state index in [0.717, 1.165) is 12.8 Å². The number of likely N-dealkylation sites (tertiary alicyclic amines) is 1. The van der Waals surface area contributed by atoms with Gasteiger partial charge in [-0.2, -0.15) is 0 Å². The molecule has 2 aliphatic rings. The van der Waals surface area contributed by atoms with Gasteiger partial charge in [0.2, 0.25) is 0 Å². The van der Waals surface area contributed by atoms with Crippen molar-refractivity contribution < 1.29 is 23.0 Å². The largest absolute Gasteiger partial charge is 0.444 e. The minimum atomic E-state index is -1.34.